The van der Waals surface area contributed by atoms with Gasteiger partial charge in [0.1, 0.15) is 6.04 Å². The number of methoxy groups -OCH3 is 1. The van der Waals surface area contributed by atoms with E-state index in [0.717, 1.165) is 19.3 Å². The summed E-state index contributed by atoms with van der Waals surface area (Å²) in [7, 11) is 1.69. The van der Waals surface area contributed by atoms with E-state index < -0.39 is 12.0 Å². The Morgan fingerprint density at radius 2 is 2.12 bits per heavy atom. The number of carbonyl (C=O) groups is 1. The molecule has 0 heterocycles. The highest BCUT2D eigenvalue weighted by Gasteiger charge is 2.22. The SMILES string of the molecule is CCCCC(NCC(C)(C)CCOC)C(=O)O. The number of carboxylic acids is 1. The van der Waals surface area contributed by atoms with Gasteiger partial charge in [0.15, 0.2) is 0 Å². The van der Waals surface area contributed by atoms with Crippen LogP contribution in [0.2, 0.25) is 0 Å². The zero-order valence-corrected chi connectivity index (χ0v) is 11.6. The minimum absolute atomic E-state index is 0.0654. The number of carboxylic acid groups (broad SMARTS) is 1. The lowest BCUT2D eigenvalue weighted by Crippen LogP contribution is -2.42. The van der Waals surface area contributed by atoms with Gasteiger partial charge in [0.2, 0.25) is 0 Å². The fraction of sp³-hybridized carbons (Fsp3) is 0.923. The van der Waals surface area contributed by atoms with Gasteiger partial charge in [-0.15, -0.1) is 0 Å². The minimum Gasteiger partial charge on any atom is -0.480 e. The van der Waals surface area contributed by atoms with E-state index in [1.165, 1.54) is 0 Å². The summed E-state index contributed by atoms with van der Waals surface area (Å²) in [6, 6.07) is -0.420. The molecular weight excluding hydrogens is 218 g/mol. The second-order valence-corrected chi connectivity index (χ2v) is 5.32. The predicted octanol–water partition coefficient (Wildman–Crippen LogP) is 2.28. The third-order valence-electron chi connectivity index (χ3n) is 2.95. The van der Waals surface area contributed by atoms with Crippen LogP contribution in [0.4, 0.5) is 0 Å². The summed E-state index contributed by atoms with van der Waals surface area (Å²) in [5.74, 6) is -0.749. The quantitative estimate of drug-likeness (QED) is 0.620. The molecule has 1 atom stereocenters. The highest BCUT2D eigenvalue weighted by atomic mass is 16.5. The Balaban J connectivity index is 4.05. The Labute approximate surface area is 105 Å². The first kappa shape index (κ1) is 16.4. The molecule has 0 fully saturated rings. The first-order chi connectivity index (χ1) is 7.93. The maximum atomic E-state index is 11.0. The van der Waals surface area contributed by atoms with Crippen LogP contribution < -0.4 is 5.32 Å². The molecule has 0 aliphatic heterocycles. The molecule has 0 aliphatic carbocycles. The number of hydrogen-bond acceptors (Lipinski definition) is 3. The number of rotatable bonds is 10. The lowest BCUT2D eigenvalue weighted by molar-refractivity contribution is -0.139. The molecule has 1 unspecified atom stereocenters. The van der Waals surface area contributed by atoms with Gasteiger partial charge in [-0.05, 0) is 18.3 Å². The van der Waals surface area contributed by atoms with E-state index in [1.54, 1.807) is 7.11 Å². The number of nitrogens with one attached hydrogen (secondary N) is 1. The molecule has 0 rings (SSSR count). The Hall–Kier alpha value is -0.610. The number of aliphatic carboxylic acids is 1. The summed E-state index contributed by atoms with van der Waals surface area (Å²) in [4.78, 5) is 11.0. The van der Waals surface area contributed by atoms with Gasteiger partial charge < -0.3 is 15.2 Å². The van der Waals surface area contributed by atoms with Crippen LogP contribution in [0.1, 0.15) is 46.5 Å². The second kappa shape index (κ2) is 8.48. The summed E-state index contributed by atoms with van der Waals surface area (Å²) in [6.07, 6.45) is 3.60. The zero-order chi connectivity index (χ0) is 13.3. The van der Waals surface area contributed by atoms with Gasteiger partial charge in [-0.2, -0.15) is 0 Å². The van der Waals surface area contributed by atoms with Crippen molar-refractivity contribution in [1.82, 2.24) is 5.32 Å². The van der Waals surface area contributed by atoms with Gasteiger partial charge in [-0.1, -0.05) is 33.6 Å². The zero-order valence-electron chi connectivity index (χ0n) is 11.6. The molecule has 0 amide bonds. The topological polar surface area (TPSA) is 58.6 Å². The van der Waals surface area contributed by atoms with Crippen LogP contribution in [0.15, 0.2) is 0 Å². The summed E-state index contributed by atoms with van der Waals surface area (Å²) < 4.78 is 5.05. The summed E-state index contributed by atoms with van der Waals surface area (Å²) >= 11 is 0. The van der Waals surface area contributed by atoms with Crippen molar-refractivity contribution in [1.29, 1.82) is 0 Å². The van der Waals surface area contributed by atoms with Gasteiger partial charge in [-0.25, -0.2) is 0 Å². The number of ether oxygens (including phenoxy) is 1. The molecule has 0 radical (unpaired) electrons. The number of hydrogen-bond donors (Lipinski definition) is 2. The van der Waals surface area contributed by atoms with Crippen LogP contribution >= 0.6 is 0 Å². The van der Waals surface area contributed by atoms with Crippen LogP contribution in [0, 0.1) is 5.41 Å². The molecule has 0 spiro atoms. The fourth-order valence-corrected chi connectivity index (χ4v) is 1.59. The molecule has 0 aromatic rings. The maximum absolute atomic E-state index is 11.0. The third-order valence-corrected chi connectivity index (χ3v) is 2.95. The average Bonchev–Trinajstić information content (AvgIpc) is 2.26. The highest BCUT2D eigenvalue weighted by Crippen LogP contribution is 2.19. The van der Waals surface area contributed by atoms with Crippen molar-refractivity contribution >= 4 is 5.97 Å². The standard InChI is InChI=1S/C13H27NO3/c1-5-6-7-11(12(15)16)14-10-13(2,3)8-9-17-4/h11,14H,5-10H2,1-4H3,(H,15,16). The Kier molecular flexibility index (Phi) is 8.17. The molecule has 2 N–H and O–H groups in total. The molecule has 4 heteroatoms. The Morgan fingerprint density at radius 3 is 2.59 bits per heavy atom. The first-order valence-corrected chi connectivity index (χ1v) is 6.38. The summed E-state index contributed by atoms with van der Waals surface area (Å²) in [5, 5.41) is 12.2. The monoisotopic (exact) mass is 245 g/mol. The highest BCUT2D eigenvalue weighted by molar-refractivity contribution is 5.73. The summed E-state index contributed by atoms with van der Waals surface area (Å²) in [6.45, 7) is 7.73. The second-order valence-electron chi connectivity index (χ2n) is 5.32. The fourth-order valence-electron chi connectivity index (χ4n) is 1.59. The molecule has 4 nitrogen and oxygen atoms in total. The smallest absolute Gasteiger partial charge is 0.320 e. The molecule has 0 aromatic carbocycles. The van der Waals surface area contributed by atoms with Gasteiger partial charge in [0.25, 0.3) is 0 Å². The molecule has 17 heavy (non-hydrogen) atoms. The minimum atomic E-state index is -0.749. The molecule has 0 aliphatic rings. The van der Waals surface area contributed by atoms with Crippen LogP contribution in [0.3, 0.4) is 0 Å². The molecule has 102 valence electrons. The van der Waals surface area contributed by atoms with Gasteiger partial charge in [-0.3, -0.25) is 4.79 Å². The van der Waals surface area contributed by atoms with E-state index in [-0.39, 0.29) is 5.41 Å². The van der Waals surface area contributed by atoms with Crippen LogP contribution in [-0.2, 0) is 9.53 Å². The van der Waals surface area contributed by atoms with Crippen LogP contribution in [-0.4, -0.2) is 37.4 Å². The van der Waals surface area contributed by atoms with Crippen LogP contribution in [0.5, 0.6) is 0 Å². The maximum Gasteiger partial charge on any atom is 0.320 e. The van der Waals surface area contributed by atoms with E-state index in [9.17, 15) is 4.79 Å². The van der Waals surface area contributed by atoms with E-state index in [0.29, 0.717) is 19.6 Å². The van der Waals surface area contributed by atoms with Gasteiger partial charge in [0, 0.05) is 20.3 Å². The van der Waals surface area contributed by atoms with Gasteiger partial charge in [0.05, 0.1) is 0 Å². The predicted molar refractivity (Wildman–Crippen MR) is 69.2 cm³/mol. The van der Waals surface area contributed by atoms with Crippen LogP contribution in [0.25, 0.3) is 0 Å². The van der Waals surface area contributed by atoms with E-state index in [2.05, 4.69) is 26.1 Å². The van der Waals surface area contributed by atoms with E-state index in [4.69, 9.17) is 9.84 Å². The molecule has 0 saturated heterocycles. The van der Waals surface area contributed by atoms with E-state index in [1.807, 2.05) is 0 Å². The first-order valence-electron chi connectivity index (χ1n) is 6.38. The van der Waals surface area contributed by atoms with Crippen molar-refractivity contribution in [3.63, 3.8) is 0 Å². The van der Waals surface area contributed by atoms with Crippen molar-refractivity contribution in [3.05, 3.63) is 0 Å². The summed E-state index contributed by atoms with van der Waals surface area (Å²) in [5.41, 5.74) is 0.0654. The molecular formula is C13H27NO3. The normalized spacial score (nSPS) is 13.6. The van der Waals surface area contributed by atoms with Crippen molar-refractivity contribution in [2.24, 2.45) is 5.41 Å². The Morgan fingerprint density at radius 1 is 1.47 bits per heavy atom. The average molecular weight is 245 g/mol. The number of unbranched alkanes of at least 4 members (excludes halogenated alkanes) is 1. The molecule has 0 aromatic heterocycles. The van der Waals surface area contributed by atoms with Crippen molar-refractivity contribution < 1.29 is 14.6 Å². The Bertz CT molecular complexity index is 217. The lowest BCUT2D eigenvalue weighted by Gasteiger charge is -2.26. The van der Waals surface area contributed by atoms with Crippen molar-refractivity contribution in [2.75, 3.05) is 20.3 Å². The largest absolute Gasteiger partial charge is 0.480 e. The van der Waals surface area contributed by atoms with E-state index >= 15 is 0 Å². The van der Waals surface area contributed by atoms with Crippen molar-refractivity contribution in [3.8, 4) is 0 Å². The lowest BCUT2D eigenvalue weighted by atomic mass is 9.89. The van der Waals surface area contributed by atoms with Gasteiger partial charge >= 0.3 is 5.97 Å². The molecule has 0 bridgehead atoms. The molecule has 0 saturated carbocycles. The van der Waals surface area contributed by atoms with Crippen molar-refractivity contribution in [2.45, 2.75) is 52.5 Å². The third kappa shape index (κ3) is 8.16.